The summed E-state index contributed by atoms with van der Waals surface area (Å²) in [7, 11) is 0. The van der Waals surface area contributed by atoms with E-state index in [1.165, 1.54) is 5.56 Å². The Hall–Kier alpha value is -3.31. The standard InChI is InChI=1S/C25H25N5OS/c26-21(15-18-7-3-1-4-8-18)16-28-25-23-22(20(17-32-23)9-5-2-6-14-31)29-24(30-25)19-10-12-27-13-11-19/h1,3-4,7-8,10-13,17,21,31H,2,6,14-16,26H2,(H,28,29,30)/t21-/m1/s1. The van der Waals surface area contributed by atoms with E-state index in [0.717, 1.165) is 33.6 Å². The van der Waals surface area contributed by atoms with Crippen molar-refractivity contribution in [2.75, 3.05) is 18.5 Å². The number of aromatic nitrogens is 3. The summed E-state index contributed by atoms with van der Waals surface area (Å²) in [6.07, 6.45) is 5.56. The molecule has 0 unspecified atom stereocenters. The molecule has 0 saturated carbocycles. The molecule has 7 heteroatoms. The molecule has 0 bridgehead atoms. The number of rotatable bonds is 8. The Morgan fingerprint density at radius 3 is 2.69 bits per heavy atom. The van der Waals surface area contributed by atoms with Gasteiger partial charge in [-0.15, -0.1) is 11.3 Å². The smallest absolute Gasteiger partial charge is 0.162 e. The van der Waals surface area contributed by atoms with E-state index in [9.17, 15) is 0 Å². The van der Waals surface area contributed by atoms with Crippen LogP contribution in [0.3, 0.4) is 0 Å². The number of benzene rings is 1. The van der Waals surface area contributed by atoms with E-state index < -0.39 is 0 Å². The molecule has 1 atom stereocenters. The molecule has 1 aromatic carbocycles. The number of anilines is 1. The molecule has 0 saturated heterocycles. The number of hydrogen-bond donors (Lipinski definition) is 3. The Kier molecular flexibility index (Phi) is 7.41. The van der Waals surface area contributed by atoms with Crippen LogP contribution in [0.15, 0.2) is 60.2 Å². The first-order chi connectivity index (χ1) is 15.7. The average molecular weight is 444 g/mol. The van der Waals surface area contributed by atoms with Crippen LogP contribution in [0.25, 0.3) is 21.6 Å². The molecular weight excluding hydrogens is 418 g/mol. The number of nitrogens with one attached hydrogen (secondary N) is 1. The van der Waals surface area contributed by atoms with Gasteiger partial charge in [-0.1, -0.05) is 42.2 Å². The number of thiophene rings is 1. The average Bonchev–Trinajstić information content (AvgIpc) is 3.24. The zero-order valence-corrected chi connectivity index (χ0v) is 18.5. The molecule has 162 valence electrons. The van der Waals surface area contributed by atoms with Crippen LogP contribution in [0.1, 0.15) is 24.0 Å². The molecule has 0 aliphatic heterocycles. The molecule has 3 heterocycles. The van der Waals surface area contributed by atoms with E-state index in [1.54, 1.807) is 23.7 Å². The second-order valence-electron chi connectivity index (χ2n) is 7.42. The van der Waals surface area contributed by atoms with Crippen LogP contribution in [-0.2, 0) is 6.42 Å². The predicted octanol–water partition coefficient (Wildman–Crippen LogP) is 3.86. The molecule has 0 aliphatic carbocycles. The molecule has 0 aliphatic rings. The first-order valence-electron chi connectivity index (χ1n) is 10.6. The first-order valence-corrected chi connectivity index (χ1v) is 11.5. The lowest BCUT2D eigenvalue weighted by atomic mass is 10.1. The fourth-order valence-corrected chi connectivity index (χ4v) is 4.20. The van der Waals surface area contributed by atoms with Gasteiger partial charge >= 0.3 is 0 Å². The SMILES string of the molecule is N[C@@H](CNc1nc(-c2ccncc2)nc2c(C#CCCCO)csc12)Cc1ccccc1. The molecule has 0 amide bonds. The normalized spacial score (nSPS) is 11.7. The van der Waals surface area contributed by atoms with Crippen molar-refractivity contribution in [2.24, 2.45) is 5.73 Å². The van der Waals surface area contributed by atoms with Gasteiger partial charge in [0.2, 0.25) is 0 Å². The first kappa shape index (κ1) is 21.9. The van der Waals surface area contributed by atoms with E-state index in [2.05, 4.69) is 34.3 Å². The van der Waals surface area contributed by atoms with Gasteiger partial charge in [0.1, 0.15) is 11.3 Å². The van der Waals surface area contributed by atoms with Crippen molar-refractivity contribution in [1.29, 1.82) is 0 Å². The Labute approximate surface area is 191 Å². The number of pyridine rings is 1. The summed E-state index contributed by atoms with van der Waals surface area (Å²) in [5, 5.41) is 14.4. The van der Waals surface area contributed by atoms with Crippen molar-refractivity contribution in [3.8, 4) is 23.2 Å². The van der Waals surface area contributed by atoms with Gasteiger partial charge in [0.15, 0.2) is 5.82 Å². The third-order valence-electron chi connectivity index (χ3n) is 4.91. The molecule has 4 aromatic rings. The fraction of sp³-hybridized carbons (Fsp3) is 0.240. The quantitative estimate of drug-likeness (QED) is 0.283. The summed E-state index contributed by atoms with van der Waals surface area (Å²) >= 11 is 1.57. The lowest BCUT2D eigenvalue weighted by Crippen LogP contribution is -2.31. The van der Waals surface area contributed by atoms with Crippen molar-refractivity contribution in [2.45, 2.75) is 25.3 Å². The highest BCUT2D eigenvalue weighted by atomic mass is 32.1. The lowest BCUT2D eigenvalue weighted by molar-refractivity contribution is 0.290. The molecule has 4 N–H and O–H groups in total. The number of aliphatic hydroxyl groups is 1. The lowest BCUT2D eigenvalue weighted by Gasteiger charge is -2.14. The maximum Gasteiger partial charge on any atom is 0.162 e. The molecule has 3 aromatic heterocycles. The topological polar surface area (TPSA) is 97.0 Å². The van der Waals surface area contributed by atoms with Gasteiger partial charge in [-0.25, -0.2) is 9.97 Å². The highest BCUT2D eigenvalue weighted by Gasteiger charge is 2.15. The Balaban J connectivity index is 1.62. The number of aliphatic hydroxyl groups excluding tert-OH is 1. The van der Waals surface area contributed by atoms with E-state index in [1.807, 2.05) is 35.7 Å². The van der Waals surface area contributed by atoms with Crippen molar-refractivity contribution in [3.63, 3.8) is 0 Å². The summed E-state index contributed by atoms with van der Waals surface area (Å²) in [4.78, 5) is 13.7. The van der Waals surface area contributed by atoms with E-state index in [4.69, 9.17) is 20.8 Å². The van der Waals surface area contributed by atoms with Gasteiger partial charge in [0, 0.05) is 49.0 Å². The van der Waals surface area contributed by atoms with Gasteiger partial charge in [0.05, 0.1) is 10.3 Å². The minimum Gasteiger partial charge on any atom is -0.396 e. The van der Waals surface area contributed by atoms with Crippen LogP contribution < -0.4 is 11.1 Å². The highest BCUT2D eigenvalue weighted by molar-refractivity contribution is 7.18. The van der Waals surface area contributed by atoms with Crippen LogP contribution in [0.2, 0.25) is 0 Å². The Bertz CT molecular complexity index is 1220. The van der Waals surface area contributed by atoms with Gasteiger partial charge in [-0.2, -0.15) is 0 Å². The summed E-state index contributed by atoms with van der Waals surface area (Å²) < 4.78 is 0.959. The Morgan fingerprint density at radius 1 is 1.09 bits per heavy atom. The maximum atomic E-state index is 8.98. The van der Waals surface area contributed by atoms with Crippen LogP contribution in [0.4, 0.5) is 5.82 Å². The van der Waals surface area contributed by atoms with Crippen LogP contribution in [-0.4, -0.2) is 39.3 Å². The minimum atomic E-state index is -0.0514. The second-order valence-corrected chi connectivity index (χ2v) is 8.30. The van der Waals surface area contributed by atoms with Crippen molar-refractivity contribution in [3.05, 3.63) is 71.4 Å². The molecule has 6 nitrogen and oxygen atoms in total. The van der Waals surface area contributed by atoms with Crippen molar-refractivity contribution in [1.82, 2.24) is 15.0 Å². The maximum absolute atomic E-state index is 8.98. The van der Waals surface area contributed by atoms with Gasteiger partial charge in [-0.3, -0.25) is 4.98 Å². The zero-order chi connectivity index (χ0) is 22.2. The Morgan fingerprint density at radius 2 is 1.91 bits per heavy atom. The number of unbranched alkanes of at least 4 members (excludes halogenated alkanes) is 1. The summed E-state index contributed by atoms with van der Waals surface area (Å²) in [5.41, 5.74) is 10.2. The summed E-state index contributed by atoms with van der Waals surface area (Å²) in [6, 6.07) is 14.0. The minimum absolute atomic E-state index is 0.0514. The van der Waals surface area contributed by atoms with Gasteiger partial charge < -0.3 is 16.2 Å². The summed E-state index contributed by atoms with van der Waals surface area (Å²) in [6.45, 7) is 0.733. The molecule has 32 heavy (non-hydrogen) atoms. The zero-order valence-electron chi connectivity index (χ0n) is 17.7. The highest BCUT2D eigenvalue weighted by Crippen LogP contribution is 2.32. The number of nitrogens with zero attached hydrogens (tertiary/aromatic N) is 3. The van der Waals surface area contributed by atoms with Crippen LogP contribution in [0.5, 0.6) is 0 Å². The third kappa shape index (κ3) is 5.48. The largest absolute Gasteiger partial charge is 0.396 e. The number of fused-ring (bicyclic) bond motifs is 1. The van der Waals surface area contributed by atoms with Gasteiger partial charge in [0.25, 0.3) is 0 Å². The predicted molar refractivity (Wildman–Crippen MR) is 130 cm³/mol. The third-order valence-corrected chi connectivity index (χ3v) is 5.89. The second kappa shape index (κ2) is 10.8. The van der Waals surface area contributed by atoms with Crippen molar-refractivity contribution >= 4 is 27.4 Å². The van der Waals surface area contributed by atoms with E-state index in [0.29, 0.717) is 25.2 Å². The van der Waals surface area contributed by atoms with E-state index in [-0.39, 0.29) is 12.6 Å². The van der Waals surface area contributed by atoms with E-state index >= 15 is 0 Å². The molecule has 4 rings (SSSR count). The summed E-state index contributed by atoms with van der Waals surface area (Å²) in [5.74, 6) is 7.71. The van der Waals surface area contributed by atoms with Crippen molar-refractivity contribution < 1.29 is 5.11 Å². The molecule has 0 fully saturated rings. The fourth-order valence-electron chi connectivity index (χ4n) is 3.30. The number of hydrogen-bond acceptors (Lipinski definition) is 7. The molecular formula is C25H25N5OS. The molecule has 0 spiro atoms. The monoisotopic (exact) mass is 443 g/mol. The number of nitrogens with two attached hydrogens (primary N) is 1. The van der Waals surface area contributed by atoms with Gasteiger partial charge in [-0.05, 0) is 30.5 Å². The van der Waals surface area contributed by atoms with Crippen LogP contribution in [0, 0.1) is 11.8 Å². The van der Waals surface area contributed by atoms with Crippen LogP contribution >= 0.6 is 11.3 Å². The molecule has 0 radical (unpaired) electrons.